The van der Waals surface area contributed by atoms with Crippen LogP contribution < -0.4 is 14.8 Å². The maximum Gasteiger partial charge on any atom is 0.248 e. The fraction of sp³-hybridized carbons (Fsp3) is 0.100. The number of pyridine rings is 1. The molecule has 132 valence electrons. The highest BCUT2D eigenvalue weighted by molar-refractivity contribution is 6.32. The van der Waals surface area contributed by atoms with Gasteiger partial charge in [-0.05, 0) is 18.2 Å². The predicted octanol–water partition coefficient (Wildman–Crippen LogP) is 4.56. The third-order valence-electron chi connectivity index (χ3n) is 3.81. The number of carbonyl (C=O) groups is 1. The lowest BCUT2D eigenvalue weighted by Gasteiger charge is -2.12. The van der Waals surface area contributed by atoms with Crippen molar-refractivity contribution in [1.29, 1.82) is 0 Å². The molecule has 26 heavy (non-hydrogen) atoms. The van der Waals surface area contributed by atoms with Crippen molar-refractivity contribution < 1.29 is 14.3 Å². The lowest BCUT2D eigenvalue weighted by Crippen LogP contribution is -2.09. The summed E-state index contributed by atoms with van der Waals surface area (Å²) in [4.78, 5) is 16.7. The van der Waals surface area contributed by atoms with Gasteiger partial charge < -0.3 is 14.8 Å². The molecule has 1 amide bonds. The van der Waals surface area contributed by atoms with Crippen molar-refractivity contribution in [3.8, 4) is 11.5 Å². The molecule has 2 aromatic carbocycles. The third kappa shape index (κ3) is 3.78. The van der Waals surface area contributed by atoms with Gasteiger partial charge in [0.1, 0.15) is 11.5 Å². The van der Waals surface area contributed by atoms with Gasteiger partial charge >= 0.3 is 0 Å². The number of fused-ring (bicyclic) bond motifs is 1. The van der Waals surface area contributed by atoms with Gasteiger partial charge in [-0.25, -0.2) is 0 Å². The smallest absolute Gasteiger partial charge is 0.248 e. The fourth-order valence-electron chi connectivity index (χ4n) is 2.56. The summed E-state index contributed by atoms with van der Waals surface area (Å²) in [5.74, 6) is 0.621. The number of benzene rings is 2. The molecule has 5 nitrogen and oxygen atoms in total. The Morgan fingerprint density at radius 2 is 1.88 bits per heavy atom. The Morgan fingerprint density at radius 1 is 1.12 bits per heavy atom. The van der Waals surface area contributed by atoms with E-state index in [1.807, 2.05) is 30.3 Å². The monoisotopic (exact) mass is 368 g/mol. The zero-order valence-corrected chi connectivity index (χ0v) is 15.1. The zero-order valence-electron chi connectivity index (χ0n) is 14.3. The number of halogens is 1. The van der Waals surface area contributed by atoms with Crippen LogP contribution in [0.2, 0.25) is 5.02 Å². The van der Waals surface area contributed by atoms with Gasteiger partial charge in [-0.3, -0.25) is 9.78 Å². The number of aromatic nitrogens is 1. The van der Waals surface area contributed by atoms with Gasteiger partial charge in [-0.2, -0.15) is 0 Å². The SMILES string of the molecule is COc1cc(OC)c(NC(=O)/C=C/c2cccc3cccnc23)cc1Cl. The topological polar surface area (TPSA) is 60.5 Å². The summed E-state index contributed by atoms with van der Waals surface area (Å²) in [6.45, 7) is 0. The molecule has 0 saturated heterocycles. The van der Waals surface area contributed by atoms with Gasteiger partial charge in [0.25, 0.3) is 0 Å². The number of carbonyl (C=O) groups excluding carboxylic acids is 1. The van der Waals surface area contributed by atoms with Crippen molar-refractivity contribution in [2.75, 3.05) is 19.5 Å². The van der Waals surface area contributed by atoms with Crippen LogP contribution in [0.4, 0.5) is 5.69 Å². The number of para-hydroxylation sites is 1. The summed E-state index contributed by atoms with van der Waals surface area (Å²) in [6, 6.07) is 12.9. The van der Waals surface area contributed by atoms with E-state index in [2.05, 4.69) is 10.3 Å². The number of methoxy groups -OCH3 is 2. The van der Waals surface area contributed by atoms with Gasteiger partial charge in [0.05, 0.1) is 30.4 Å². The summed E-state index contributed by atoms with van der Waals surface area (Å²) < 4.78 is 10.4. The molecule has 0 saturated carbocycles. The number of hydrogen-bond donors (Lipinski definition) is 1. The van der Waals surface area contributed by atoms with Crippen molar-refractivity contribution in [3.05, 3.63) is 65.3 Å². The Morgan fingerprint density at radius 3 is 2.65 bits per heavy atom. The number of rotatable bonds is 5. The number of ether oxygens (including phenoxy) is 2. The predicted molar refractivity (Wildman–Crippen MR) is 104 cm³/mol. The van der Waals surface area contributed by atoms with E-state index in [1.165, 1.54) is 20.3 Å². The van der Waals surface area contributed by atoms with Crippen LogP contribution in [-0.4, -0.2) is 25.1 Å². The number of nitrogens with zero attached hydrogens (tertiary/aromatic N) is 1. The molecule has 1 aromatic heterocycles. The maximum atomic E-state index is 12.3. The van der Waals surface area contributed by atoms with Crippen molar-refractivity contribution >= 4 is 40.2 Å². The molecule has 0 radical (unpaired) electrons. The highest BCUT2D eigenvalue weighted by atomic mass is 35.5. The molecule has 0 atom stereocenters. The summed E-state index contributed by atoms with van der Waals surface area (Å²) in [6.07, 6.45) is 4.90. The van der Waals surface area contributed by atoms with Crippen molar-refractivity contribution in [3.63, 3.8) is 0 Å². The Kier molecular flexibility index (Phi) is 5.39. The second-order valence-corrected chi connectivity index (χ2v) is 5.84. The summed E-state index contributed by atoms with van der Waals surface area (Å²) in [5, 5.41) is 4.15. The van der Waals surface area contributed by atoms with Crippen LogP contribution in [0.25, 0.3) is 17.0 Å². The van der Waals surface area contributed by atoms with Gasteiger partial charge in [0.15, 0.2) is 0 Å². The highest BCUT2D eigenvalue weighted by Gasteiger charge is 2.11. The third-order valence-corrected chi connectivity index (χ3v) is 4.11. The first-order valence-electron chi connectivity index (χ1n) is 7.86. The molecule has 1 N–H and O–H groups in total. The van der Waals surface area contributed by atoms with Crippen LogP contribution in [0.3, 0.4) is 0 Å². The quantitative estimate of drug-likeness (QED) is 0.671. The lowest BCUT2D eigenvalue weighted by molar-refractivity contribution is -0.111. The minimum absolute atomic E-state index is 0.308. The second-order valence-electron chi connectivity index (χ2n) is 5.43. The molecular weight excluding hydrogens is 352 g/mol. The van der Waals surface area contributed by atoms with Gasteiger partial charge in [-0.1, -0.05) is 35.9 Å². The molecule has 0 fully saturated rings. The lowest BCUT2D eigenvalue weighted by atomic mass is 10.1. The molecule has 3 rings (SSSR count). The Hall–Kier alpha value is -3.05. The molecule has 0 aliphatic heterocycles. The first-order valence-corrected chi connectivity index (χ1v) is 8.24. The number of hydrogen-bond acceptors (Lipinski definition) is 4. The first kappa shape index (κ1) is 17.8. The Labute approximate surface area is 156 Å². The van der Waals surface area contributed by atoms with E-state index in [0.29, 0.717) is 22.2 Å². The van der Waals surface area contributed by atoms with E-state index in [0.717, 1.165) is 16.5 Å². The van der Waals surface area contributed by atoms with E-state index >= 15 is 0 Å². The van der Waals surface area contributed by atoms with Crippen LogP contribution in [0.15, 0.2) is 54.7 Å². The van der Waals surface area contributed by atoms with E-state index in [1.54, 1.807) is 24.4 Å². The number of nitrogens with one attached hydrogen (secondary N) is 1. The molecule has 6 heteroatoms. The molecule has 0 spiro atoms. The largest absolute Gasteiger partial charge is 0.495 e. The van der Waals surface area contributed by atoms with Gasteiger partial charge in [0, 0.05) is 29.3 Å². The first-order chi connectivity index (χ1) is 12.6. The normalized spacial score (nSPS) is 10.9. The number of amides is 1. The van der Waals surface area contributed by atoms with Crippen molar-refractivity contribution in [1.82, 2.24) is 4.98 Å². The van der Waals surface area contributed by atoms with Crippen LogP contribution in [0, 0.1) is 0 Å². The molecular formula is C20H17ClN2O3. The number of anilines is 1. The van der Waals surface area contributed by atoms with Crippen molar-refractivity contribution in [2.45, 2.75) is 0 Å². The summed E-state index contributed by atoms with van der Waals surface area (Å²) in [5.41, 5.74) is 2.16. The highest BCUT2D eigenvalue weighted by Crippen LogP contribution is 2.35. The van der Waals surface area contributed by atoms with Crippen LogP contribution in [0.5, 0.6) is 11.5 Å². The van der Waals surface area contributed by atoms with Gasteiger partial charge in [-0.15, -0.1) is 0 Å². The van der Waals surface area contributed by atoms with Crippen LogP contribution in [0.1, 0.15) is 5.56 Å². The Balaban J connectivity index is 1.83. The Bertz CT molecular complexity index is 981. The van der Waals surface area contributed by atoms with Crippen LogP contribution in [-0.2, 0) is 4.79 Å². The molecule has 1 heterocycles. The van der Waals surface area contributed by atoms with Crippen LogP contribution >= 0.6 is 11.6 Å². The molecule has 0 unspecified atom stereocenters. The minimum Gasteiger partial charge on any atom is -0.495 e. The van der Waals surface area contributed by atoms with Gasteiger partial charge in [0.2, 0.25) is 5.91 Å². The van der Waals surface area contributed by atoms with E-state index in [-0.39, 0.29) is 5.91 Å². The maximum absolute atomic E-state index is 12.3. The fourth-order valence-corrected chi connectivity index (χ4v) is 2.80. The minimum atomic E-state index is -0.308. The standard InChI is InChI=1S/C20H17ClN2O3/c1-25-17-12-18(26-2)16(11-15(17)21)23-19(24)9-8-14-6-3-5-13-7-4-10-22-20(13)14/h3-12H,1-2H3,(H,23,24)/b9-8+. The van der Waals surface area contributed by atoms with E-state index in [9.17, 15) is 4.79 Å². The summed E-state index contributed by atoms with van der Waals surface area (Å²) in [7, 11) is 3.02. The zero-order chi connectivity index (χ0) is 18.5. The summed E-state index contributed by atoms with van der Waals surface area (Å²) >= 11 is 6.12. The average molecular weight is 369 g/mol. The van der Waals surface area contributed by atoms with Crippen molar-refractivity contribution in [2.24, 2.45) is 0 Å². The molecule has 0 bridgehead atoms. The molecule has 3 aromatic rings. The van der Waals surface area contributed by atoms with E-state index in [4.69, 9.17) is 21.1 Å². The molecule has 0 aliphatic carbocycles. The average Bonchev–Trinajstić information content (AvgIpc) is 2.66. The second kappa shape index (κ2) is 7.89. The molecule has 0 aliphatic rings. The van der Waals surface area contributed by atoms with E-state index < -0.39 is 0 Å².